The van der Waals surface area contributed by atoms with Gasteiger partial charge in [-0.2, -0.15) is 0 Å². The van der Waals surface area contributed by atoms with Crippen molar-refractivity contribution in [3.05, 3.63) is 27.7 Å². The molecule has 2 aromatic rings. The smallest absolute Gasteiger partial charge is 0.347 e. The quantitative estimate of drug-likeness (QED) is 0.790. The summed E-state index contributed by atoms with van der Waals surface area (Å²) in [4.78, 5) is 16.0. The van der Waals surface area contributed by atoms with Gasteiger partial charge in [0.15, 0.2) is 11.5 Å². The van der Waals surface area contributed by atoms with E-state index in [4.69, 9.17) is 21.1 Å². The molecule has 124 valence electrons. The molecule has 0 aliphatic heterocycles. The molecule has 1 aromatic heterocycles. The molecule has 7 heteroatoms. The Balaban J connectivity index is 2.53. The summed E-state index contributed by atoms with van der Waals surface area (Å²) in [6, 6.07) is 3.50. The molecule has 23 heavy (non-hydrogen) atoms. The number of aromatic carboxylic acids is 1. The highest BCUT2D eigenvalue weighted by molar-refractivity contribution is 7.17. The molecule has 0 aliphatic rings. The van der Waals surface area contributed by atoms with Gasteiger partial charge >= 0.3 is 5.97 Å². The summed E-state index contributed by atoms with van der Waals surface area (Å²) in [5, 5.41) is 10.3. The minimum absolute atomic E-state index is 0.255. The van der Waals surface area contributed by atoms with E-state index < -0.39 is 5.97 Å². The fraction of sp³-hybridized carbons (Fsp3) is 0.375. The first-order valence-electron chi connectivity index (χ1n) is 7.34. The Bertz CT molecular complexity index is 714. The highest BCUT2D eigenvalue weighted by Crippen LogP contribution is 2.41. The molecule has 0 bridgehead atoms. The number of aromatic nitrogens is 1. The molecule has 0 radical (unpaired) electrons. The van der Waals surface area contributed by atoms with Crippen LogP contribution in [0.1, 0.15) is 36.1 Å². The Kier molecular flexibility index (Phi) is 5.85. The van der Waals surface area contributed by atoms with Gasteiger partial charge in [-0.3, -0.25) is 0 Å². The molecule has 2 rings (SSSR count). The lowest BCUT2D eigenvalue weighted by atomic mass is 10.2. The average Bonchev–Trinajstić information content (AvgIpc) is 2.95. The van der Waals surface area contributed by atoms with Crippen LogP contribution in [0.15, 0.2) is 12.1 Å². The molecule has 5 nitrogen and oxygen atoms in total. The van der Waals surface area contributed by atoms with Crippen LogP contribution in [0.4, 0.5) is 0 Å². The number of rotatable bonds is 7. The summed E-state index contributed by atoms with van der Waals surface area (Å²) in [5.74, 6) is 0.0557. The number of aryl methyl sites for hydroxylation is 1. The second-order valence-corrected chi connectivity index (χ2v) is 6.01. The molecule has 0 unspecified atom stereocenters. The largest absolute Gasteiger partial charge is 0.490 e. The number of hydrogen-bond donors (Lipinski definition) is 1. The SMILES string of the molecule is CCOc1cc(-c2nc(CC)c(C(=O)O)s2)cc(Cl)c1OCC. The molecule has 1 aromatic carbocycles. The van der Waals surface area contributed by atoms with Gasteiger partial charge < -0.3 is 14.6 Å². The maximum absolute atomic E-state index is 11.3. The first-order valence-corrected chi connectivity index (χ1v) is 8.53. The number of halogens is 1. The van der Waals surface area contributed by atoms with E-state index in [0.29, 0.717) is 52.4 Å². The van der Waals surface area contributed by atoms with Gasteiger partial charge in [0.2, 0.25) is 0 Å². The molecule has 0 saturated heterocycles. The van der Waals surface area contributed by atoms with Gasteiger partial charge in [0.1, 0.15) is 9.88 Å². The number of thiazole rings is 1. The zero-order valence-electron chi connectivity index (χ0n) is 13.2. The lowest BCUT2D eigenvalue weighted by molar-refractivity contribution is 0.0701. The molecule has 0 spiro atoms. The second-order valence-electron chi connectivity index (χ2n) is 4.60. The minimum atomic E-state index is -0.965. The van der Waals surface area contributed by atoms with Crippen molar-refractivity contribution in [1.29, 1.82) is 0 Å². The highest BCUT2D eigenvalue weighted by Gasteiger charge is 2.19. The fourth-order valence-corrected chi connectivity index (χ4v) is 3.37. The number of carboxylic acid groups (broad SMARTS) is 1. The van der Waals surface area contributed by atoms with Gasteiger partial charge in [-0.1, -0.05) is 18.5 Å². The lowest BCUT2D eigenvalue weighted by Crippen LogP contribution is -1.99. The van der Waals surface area contributed by atoms with E-state index in [1.807, 2.05) is 20.8 Å². The van der Waals surface area contributed by atoms with Crippen molar-refractivity contribution >= 4 is 28.9 Å². The van der Waals surface area contributed by atoms with Crippen LogP contribution in [-0.4, -0.2) is 29.3 Å². The second kappa shape index (κ2) is 7.66. The Labute approximate surface area is 143 Å². The van der Waals surface area contributed by atoms with Crippen LogP contribution < -0.4 is 9.47 Å². The van der Waals surface area contributed by atoms with Gasteiger partial charge in [0, 0.05) is 5.56 Å². The van der Waals surface area contributed by atoms with Crippen LogP contribution in [0.3, 0.4) is 0 Å². The van der Waals surface area contributed by atoms with Crippen LogP contribution >= 0.6 is 22.9 Å². The van der Waals surface area contributed by atoms with Crippen LogP contribution in [0.2, 0.25) is 5.02 Å². The summed E-state index contributed by atoms with van der Waals surface area (Å²) in [7, 11) is 0. The Morgan fingerprint density at radius 3 is 2.48 bits per heavy atom. The normalized spacial score (nSPS) is 10.6. The first-order chi connectivity index (χ1) is 11.0. The predicted molar refractivity (Wildman–Crippen MR) is 91.2 cm³/mol. The highest BCUT2D eigenvalue weighted by atomic mass is 35.5. The molecule has 0 aliphatic carbocycles. The number of nitrogens with zero attached hydrogens (tertiary/aromatic N) is 1. The van der Waals surface area contributed by atoms with Gasteiger partial charge in [-0.05, 0) is 32.4 Å². The minimum Gasteiger partial charge on any atom is -0.490 e. The van der Waals surface area contributed by atoms with E-state index in [1.165, 1.54) is 0 Å². The maximum atomic E-state index is 11.3. The average molecular weight is 356 g/mol. The summed E-state index contributed by atoms with van der Waals surface area (Å²) in [5.41, 5.74) is 1.29. The van der Waals surface area contributed by atoms with Crippen LogP contribution in [-0.2, 0) is 6.42 Å². The van der Waals surface area contributed by atoms with Crippen molar-refractivity contribution in [2.45, 2.75) is 27.2 Å². The standard InChI is InChI=1S/C16H18ClNO4S/c1-4-11-14(16(19)20)23-15(18-11)9-7-10(17)13(22-6-3)12(8-9)21-5-2/h7-8H,4-6H2,1-3H3,(H,19,20). The number of carbonyl (C=O) groups is 1. The van der Waals surface area contributed by atoms with Crippen LogP contribution in [0.5, 0.6) is 11.5 Å². The van der Waals surface area contributed by atoms with Crippen LogP contribution in [0, 0.1) is 0 Å². The monoisotopic (exact) mass is 355 g/mol. The van der Waals surface area contributed by atoms with Crippen molar-refractivity contribution in [1.82, 2.24) is 4.98 Å². The van der Waals surface area contributed by atoms with E-state index in [0.717, 1.165) is 11.3 Å². The van der Waals surface area contributed by atoms with Gasteiger partial charge in [0.25, 0.3) is 0 Å². The topological polar surface area (TPSA) is 68.7 Å². The zero-order valence-corrected chi connectivity index (χ0v) is 14.8. The summed E-state index contributed by atoms with van der Waals surface area (Å²) >= 11 is 7.43. The van der Waals surface area contributed by atoms with E-state index in [-0.39, 0.29) is 4.88 Å². The Hall–Kier alpha value is -1.79. The lowest BCUT2D eigenvalue weighted by Gasteiger charge is -2.13. The van der Waals surface area contributed by atoms with Gasteiger partial charge in [-0.25, -0.2) is 9.78 Å². The molecule has 0 saturated carbocycles. The molecule has 0 amide bonds. The molecular weight excluding hydrogens is 338 g/mol. The van der Waals surface area contributed by atoms with Gasteiger partial charge in [0.05, 0.1) is 23.9 Å². The molecule has 1 N–H and O–H groups in total. The number of carboxylic acids is 1. The van der Waals surface area contributed by atoms with Crippen molar-refractivity contribution in [2.24, 2.45) is 0 Å². The van der Waals surface area contributed by atoms with Crippen LogP contribution in [0.25, 0.3) is 10.6 Å². The Morgan fingerprint density at radius 2 is 1.96 bits per heavy atom. The zero-order chi connectivity index (χ0) is 17.0. The summed E-state index contributed by atoms with van der Waals surface area (Å²) < 4.78 is 11.1. The molecule has 0 atom stereocenters. The molecule has 0 fully saturated rings. The van der Waals surface area contributed by atoms with Crippen molar-refractivity contribution in [3.8, 4) is 22.1 Å². The number of ether oxygens (including phenoxy) is 2. The fourth-order valence-electron chi connectivity index (χ4n) is 2.12. The Morgan fingerprint density at radius 1 is 1.26 bits per heavy atom. The van der Waals surface area contributed by atoms with E-state index in [1.54, 1.807) is 12.1 Å². The van der Waals surface area contributed by atoms with Crippen molar-refractivity contribution in [2.75, 3.05) is 13.2 Å². The molecule has 1 heterocycles. The summed E-state index contributed by atoms with van der Waals surface area (Å²) in [6.45, 7) is 6.56. The number of benzene rings is 1. The van der Waals surface area contributed by atoms with E-state index >= 15 is 0 Å². The third kappa shape index (κ3) is 3.76. The maximum Gasteiger partial charge on any atom is 0.347 e. The predicted octanol–water partition coefficient (Wildman–Crippen LogP) is 4.52. The van der Waals surface area contributed by atoms with Gasteiger partial charge in [-0.15, -0.1) is 11.3 Å². The summed E-state index contributed by atoms with van der Waals surface area (Å²) in [6.07, 6.45) is 0.557. The van der Waals surface area contributed by atoms with E-state index in [9.17, 15) is 9.90 Å². The first kappa shape index (κ1) is 17.6. The molecular formula is C16H18ClNO4S. The third-order valence-electron chi connectivity index (χ3n) is 3.07. The van der Waals surface area contributed by atoms with Crippen molar-refractivity contribution < 1.29 is 19.4 Å². The van der Waals surface area contributed by atoms with E-state index in [2.05, 4.69) is 4.98 Å². The number of hydrogen-bond acceptors (Lipinski definition) is 5. The van der Waals surface area contributed by atoms with Crippen molar-refractivity contribution in [3.63, 3.8) is 0 Å². The third-order valence-corrected chi connectivity index (χ3v) is 4.49.